The third-order valence-electron chi connectivity index (χ3n) is 3.56. The van der Waals surface area contributed by atoms with Crippen molar-refractivity contribution in [3.63, 3.8) is 0 Å². The quantitative estimate of drug-likeness (QED) is 0.667. The number of amides is 1. The van der Waals surface area contributed by atoms with Crippen LogP contribution in [0.5, 0.6) is 0 Å². The second-order valence-corrected chi connectivity index (χ2v) is 5.48. The summed E-state index contributed by atoms with van der Waals surface area (Å²) in [7, 11) is 1.58. The van der Waals surface area contributed by atoms with E-state index in [0.717, 1.165) is 11.3 Å². The molecule has 2 rings (SSSR count). The van der Waals surface area contributed by atoms with Gasteiger partial charge >= 0.3 is 0 Å². The van der Waals surface area contributed by atoms with Gasteiger partial charge in [0.15, 0.2) is 0 Å². The van der Waals surface area contributed by atoms with Gasteiger partial charge in [0, 0.05) is 37.7 Å². The molecule has 0 radical (unpaired) electrons. The third-order valence-corrected chi connectivity index (χ3v) is 3.56. The first-order chi connectivity index (χ1) is 11.5. The van der Waals surface area contributed by atoms with Crippen molar-refractivity contribution >= 4 is 11.7 Å². The van der Waals surface area contributed by atoms with Gasteiger partial charge in [0.2, 0.25) is 0 Å². The van der Waals surface area contributed by atoms with E-state index in [1.54, 1.807) is 19.2 Å². The van der Waals surface area contributed by atoms with E-state index in [-0.39, 0.29) is 11.5 Å². The molecule has 3 N–H and O–H groups in total. The average Bonchev–Trinajstić information content (AvgIpc) is 2.54. The Morgan fingerprint density at radius 1 is 1.33 bits per heavy atom. The van der Waals surface area contributed by atoms with Crippen LogP contribution in [-0.2, 0) is 11.3 Å². The molecule has 7 heteroatoms. The van der Waals surface area contributed by atoms with E-state index >= 15 is 0 Å². The Morgan fingerprint density at radius 3 is 2.75 bits per heavy atom. The number of carbonyl (C=O) groups is 1. The molecular formula is C17H22N4O3. The lowest BCUT2D eigenvalue weighted by Crippen LogP contribution is -2.27. The number of hydrogen-bond acceptors (Lipinski definition) is 5. The lowest BCUT2D eigenvalue weighted by Gasteiger charge is -2.09. The number of nitrogens with zero attached hydrogens (tertiary/aromatic N) is 1. The fraction of sp³-hybridized carbons (Fsp3) is 0.353. The normalized spacial score (nSPS) is 10.5. The minimum Gasteiger partial charge on any atom is -0.383 e. The Balaban J connectivity index is 1.97. The van der Waals surface area contributed by atoms with Crippen molar-refractivity contribution in [3.8, 4) is 0 Å². The van der Waals surface area contributed by atoms with E-state index in [1.165, 1.54) is 6.20 Å². The number of aromatic amines is 1. The van der Waals surface area contributed by atoms with E-state index in [1.807, 2.05) is 19.9 Å². The van der Waals surface area contributed by atoms with Crippen LogP contribution in [0.1, 0.15) is 27.2 Å². The third kappa shape index (κ3) is 4.66. The number of hydrogen-bond donors (Lipinski definition) is 3. The van der Waals surface area contributed by atoms with Crippen molar-refractivity contribution in [1.29, 1.82) is 0 Å². The monoisotopic (exact) mass is 330 g/mol. The van der Waals surface area contributed by atoms with Crippen LogP contribution in [0, 0.1) is 13.8 Å². The van der Waals surface area contributed by atoms with Gasteiger partial charge in [0.05, 0.1) is 12.2 Å². The Kier molecular flexibility index (Phi) is 6.08. The van der Waals surface area contributed by atoms with E-state index in [2.05, 4.69) is 20.6 Å². The number of carbonyl (C=O) groups excluding carboxylic acids is 1. The van der Waals surface area contributed by atoms with Crippen LogP contribution in [0.3, 0.4) is 0 Å². The standard InChI is InChI=1S/C17H22N4O3/c1-11-8-12(2)21-17(23)14(11)10-20-15-5-4-13(9-19-15)16(22)18-6-7-24-3/h4-5,8-9H,6-7,10H2,1-3H3,(H,18,22)(H,19,20)(H,21,23). The van der Waals surface area contributed by atoms with E-state index in [0.29, 0.717) is 36.6 Å². The Morgan fingerprint density at radius 2 is 2.12 bits per heavy atom. The Bertz CT molecular complexity index is 753. The number of nitrogens with one attached hydrogen (secondary N) is 3. The molecule has 0 aliphatic heterocycles. The summed E-state index contributed by atoms with van der Waals surface area (Å²) in [6.45, 7) is 5.03. The molecular weight excluding hydrogens is 308 g/mol. The predicted molar refractivity (Wildman–Crippen MR) is 92.3 cm³/mol. The molecule has 0 fully saturated rings. The fourth-order valence-electron chi connectivity index (χ4n) is 2.28. The number of H-pyrrole nitrogens is 1. The maximum absolute atomic E-state index is 12.0. The zero-order valence-corrected chi connectivity index (χ0v) is 14.1. The highest BCUT2D eigenvalue weighted by Crippen LogP contribution is 2.09. The molecule has 0 aliphatic rings. The average molecular weight is 330 g/mol. The Labute approximate surface area is 140 Å². The largest absolute Gasteiger partial charge is 0.383 e. The number of aryl methyl sites for hydroxylation is 2. The van der Waals surface area contributed by atoms with Gasteiger partial charge in [0.1, 0.15) is 5.82 Å². The fourth-order valence-corrected chi connectivity index (χ4v) is 2.28. The first kappa shape index (κ1) is 17.7. The van der Waals surface area contributed by atoms with E-state index < -0.39 is 0 Å². The second-order valence-electron chi connectivity index (χ2n) is 5.48. The number of rotatable bonds is 7. The summed E-state index contributed by atoms with van der Waals surface area (Å²) < 4.78 is 4.88. The van der Waals surface area contributed by atoms with Crippen molar-refractivity contribution in [2.24, 2.45) is 0 Å². The summed E-state index contributed by atoms with van der Waals surface area (Å²) >= 11 is 0. The second kappa shape index (κ2) is 8.26. The SMILES string of the molecule is COCCNC(=O)c1ccc(NCc2c(C)cc(C)[nH]c2=O)nc1. The van der Waals surface area contributed by atoms with Crippen LogP contribution in [0.15, 0.2) is 29.2 Å². The smallest absolute Gasteiger partial charge is 0.253 e. The number of aromatic nitrogens is 2. The molecule has 0 aromatic carbocycles. The molecule has 2 aromatic rings. The summed E-state index contributed by atoms with van der Waals surface area (Å²) in [6.07, 6.45) is 1.50. The van der Waals surface area contributed by atoms with Gasteiger partial charge in [-0.1, -0.05) is 0 Å². The van der Waals surface area contributed by atoms with Crippen molar-refractivity contribution in [2.45, 2.75) is 20.4 Å². The molecule has 7 nitrogen and oxygen atoms in total. The van der Waals surface area contributed by atoms with E-state index in [9.17, 15) is 9.59 Å². The molecule has 0 saturated carbocycles. The van der Waals surface area contributed by atoms with Gasteiger partial charge in [-0.15, -0.1) is 0 Å². The van der Waals surface area contributed by atoms with Gasteiger partial charge in [-0.3, -0.25) is 9.59 Å². The number of pyridine rings is 2. The number of methoxy groups -OCH3 is 1. The molecule has 0 atom stereocenters. The highest BCUT2D eigenvalue weighted by molar-refractivity contribution is 5.94. The van der Waals surface area contributed by atoms with E-state index in [4.69, 9.17) is 4.74 Å². The molecule has 0 unspecified atom stereocenters. The van der Waals surface area contributed by atoms with Gasteiger partial charge in [0.25, 0.3) is 11.5 Å². The number of anilines is 1. The highest BCUT2D eigenvalue weighted by Gasteiger charge is 2.07. The maximum Gasteiger partial charge on any atom is 0.253 e. The lowest BCUT2D eigenvalue weighted by atomic mass is 10.1. The molecule has 24 heavy (non-hydrogen) atoms. The van der Waals surface area contributed by atoms with Gasteiger partial charge in [-0.2, -0.15) is 0 Å². The summed E-state index contributed by atoms with van der Waals surface area (Å²) in [5.41, 5.74) is 2.81. The van der Waals surface area contributed by atoms with Crippen molar-refractivity contribution in [2.75, 3.05) is 25.6 Å². The first-order valence-corrected chi connectivity index (χ1v) is 7.67. The summed E-state index contributed by atoms with van der Waals surface area (Å²) in [6, 6.07) is 5.33. The molecule has 0 spiro atoms. The molecule has 0 bridgehead atoms. The van der Waals surface area contributed by atoms with Crippen molar-refractivity contribution in [3.05, 3.63) is 57.1 Å². The van der Waals surface area contributed by atoms with Crippen LogP contribution in [-0.4, -0.2) is 36.1 Å². The molecule has 2 aromatic heterocycles. The minimum atomic E-state index is -0.197. The molecule has 128 valence electrons. The Hall–Kier alpha value is -2.67. The van der Waals surface area contributed by atoms with Crippen LogP contribution >= 0.6 is 0 Å². The summed E-state index contributed by atoms with van der Waals surface area (Å²) in [5.74, 6) is 0.403. The zero-order chi connectivity index (χ0) is 17.5. The minimum absolute atomic E-state index is 0.103. The summed E-state index contributed by atoms with van der Waals surface area (Å²) in [5, 5.41) is 5.83. The topological polar surface area (TPSA) is 96.1 Å². The predicted octanol–water partition coefficient (Wildman–Crippen LogP) is 1.38. The van der Waals surface area contributed by atoms with Crippen LogP contribution in [0.4, 0.5) is 5.82 Å². The highest BCUT2D eigenvalue weighted by atomic mass is 16.5. The van der Waals surface area contributed by atoms with Gasteiger partial charge in [-0.05, 0) is 37.6 Å². The summed E-state index contributed by atoms with van der Waals surface area (Å²) in [4.78, 5) is 30.8. The van der Waals surface area contributed by atoms with Crippen LogP contribution in [0.25, 0.3) is 0 Å². The van der Waals surface area contributed by atoms with Crippen molar-refractivity contribution < 1.29 is 9.53 Å². The molecule has 0 saturated heterocycles. The molecule has 2 heterocycles. The van der Waals surface area contributed by atoms with Crippen LogP contribution < -0.4 is 16.2 Å². The van der Waals surface area contributed by atoms with Gasteiger partial charge in [-0.25, -0.2) is 4.98 Å². The van der Waals surface area contributed by atoms with Crippen LogP contribution in [0.2, 0.25) is 0 Å². The lowest BCUT2D eigenvalue weighted by molar-refractivity contribution is 0.0937. The van der Waals surface area contributed by atoms with Gasteiger partial charge < -0.3 is 20.4 Å². The zero-order valence-electron chi connectivity index (χ0n) is 14.1. The maximum atomic E-state index is 12.0. The molecule has 0 aliphatic carbocycles. The first-order valence-electron chi connectivity index (χ1n) is 7.67. The number of ether oxygens (including phenoxy) is 1. The van der Waals surface area contributed by atoms with Crippen molar-refractivity contribution in [1.82, 2.24) is 15.3 Å². The molecule has 1 amide bonds.